The van der Waals surface area contributed by atoms with Crippen molar-refractivity contribution in [2.75, 3.05) is 39.5 Å². The van der Waals surface area contributed by atoms with Crippen LogP contribution in [-0.4, -0.2) is 178 Å². The summed E-state index contributed by atoms with van der Waals surface area (Å²) in [6.45, 7) is -1.15. The van der Waals surface area contributed by atoms with Gasteiger partial charge in [0.25, 0.3) is 0 Å². The summed E-state index contributed by atoms with van der Waals surface area (Å²) >= 11 is 0. The Labute approximate surface area is 285 Å². The second kappa shape index (κ2) is 20.9. The number of hydrogen-bond donors (Lipinski definition) is 12. The van der Waals surface area contributed by atoms with E-state index in [4.69, 9.17) is 24.1 Å². The van der Waals surface area contributed by atoms with E-state index < -0.39 is 136 Å². The normalized spacial score (nSPS) is 30.0. The maximum Gasteiger partial charge on any atom is 0.322 e. The van der Waals surface area contributed by atoms with Crippen LogP contribution in [0.1, 0.15) is 33.1 Å². The Morgan fingerprint density at radius 3 is 1.62 bits per heavy atom. The van der Waals surface area contributed by atoms with Crippen LogP contribution in [0.3, 0.4) is 0 Å². The van der Waals surface area contributed by atoms with Crippen molar-refractivity contribution >= 4 is 35.5 Å². The molecule has 0 aromatic heterocycles. The number of carbonyl (C=O) groups excluding carboxylic acids is 5. The molecule has 0 aromatic carbocycles. The summed E-state index contributed by atoms with van der Waals surface area (Å²) in [5.41, 5.74) is 0. The van der Waals surface area contributed by atoms with Crippen LogP contribution in [-0.2, 0) is 47.7 Å². The minimum atomic E-state index is -1.62. The fraction of sp³-hybridized carbons (Fsp3) is 0.786. The molecular weight excluding hydrogens is 678 g/mol. The number of unbranched alkanes of at least 4 members (excludes halogenated alkanes) is 1. The van der Waals surface area contributed by atoms with Gasteiger partial charge in [0.1, 0.15) is 74.5 Å². The van der Waals surface area contributed by atoms with Gasteiger partial charge in [0.05, 0.1) is 13.2 Å². The second-order valence-corrected chi connectivity index (χ2v) is 11.6. The highest BCUT2D eigenvalue weighted by Crippen LogP contribution is 2.23. The smallest absolute Gasteiger partial charge is 0.322 e. The van der Waals surface area contributed by atoms with E-state index in [2.05, 4.69) is 26.6 Å². The number of nitrogens with one attached hydrogen (secondary N) is 5. The van der Waals surface area contributed by atoms with Crippen LogP contribution in [0.4, 0.5) is 0 Å². The fourth-order valence-electron chi connectivity index (χ4n) is 5.08. The minimum Gasteiger partial charge on any atom is -0.480 e. The van der Waals surface area contributed by atoms with E-state index in [-0.39, 0.29) is 25.8 Å². The van der Waals surface area contributed by atoms with Crippen molar-refractivity contribution in [3.63, 3.8) is 0 Å². The first-order valence-corrected chi connectivity index (χ1v) is 15.7. The number of aliphatic carboxylic acids is 1. The Morgan fingerprint density at radius 1 is 0.700 bits per heavy atom. The molecule has 0 spiro atoms. The van der Waals surface area contributed by atoms with E-state index in [1.54, 1.807) is 0 Å². The van der Waals surface area contributed by atoms with Crippen molar-refractivity contribution < 1.29 is 83.5 Å². The molecule has 2 aliphatic heterocycles. The van der Waals surface area contributed by atoms with Crippen molar-refractivity contribution in [2.45, 2.75) is 100 Å². The standard InChI is InChI=1S/C28H47N5O17/c1-12(36)31-20-24(44)22(42)15(8-34)49-27(20)47-10-17(38)29-6-4-3-5-14(26(46)30-7-19(40)41)33-18(39)11-48-28-21(32-13(2)37)25(45)23(43)16(9-35)50-28/h14-16,20-25,27-28,34-35,42-45H,3-11H2,1-2H3,(H,29,38)(H,30,46)(H,31,36)(H,32,37)(H,33,39)(H,40,41)/t14-,15+,16+,20+,21+,22+,23+,24+,25+,27+,28+/m0/s1. The highest BCUT2D eigenvalue weighted by atomic mass is 16.7. The van der Waals surface area contributed by atoms with Gasteiger partial charge in [-0.3, -0.25) is 28.8 Å². The van der Waals surface area contributed by atoms with Crippen LogP contribution in [0.25, 0.3) is 0 Å². The molecule has 0 aromatic rings. The third-order valence-electron chi connectivity index (χ3n) is 7.57. The number of aliphatic hydroxyl groups is 6. The highest BCUT2D eigenvalue weighted by Gasteiger charge is 2.46. The molecule has 2 fully saturated rings. The van der Waals surface area contributed by atoms with Gasteiger partial charge < -0.3 is 81.3 Å². The molecule has 22 nitrogen and oxygen atoms in total. The summed E-state index contributed by atoms with van der Waals surface area (Å²) in [5.74, 6) is -4.88. The average Bonchev–Trinajstić information content (AvgIpc) is 3.06. The third-order valence-corrected chi connectivity index (χ3v) is 7.57. The van der Waals surface area contributed by atoms with E-state index in [1.807, 2.05) is 0 Å². The number of ether oxygens (including phenoxy) is 4. The van der Waals surface area contributed by atoms with Crippen LogP contribution >= 0.6 is 0 Å². The van der Waals surface area contributed by atoms with Crippen molar-refractivity contribution in [1.82, 2.24) is 26.6 Å². The second-order valence-electron chi connectivity index (χ2n) is 11.6. The first-order valence-electron chi connectivity index (χ1n) is 15.7. The Morgan fingerprint density at radius 2 is 1.18 bits per heavy atom. The molecule has 0 saturated carbocycles. The zero-order valence-corrected chi connectivity index (χ0v) is 27.4. The summed E-state index contributed by atoms with van der Waals surface area (Å²) in [6, 6.07) is -3.82. The SMILES string of the molecule is CC(=O)N[C@H]1[C@H](OCC(=O)NCCCC[C@H](NC(=O)CO[C@@H]2O[C@H](CO)[C@@H](O)[C@H](O)[C@H]2NC(C)=O)C(=O)NCC(=O)O)O[C@H](CO)[C@@H](O)[C@@H]1O. The van der Waals surface area contributed by atoms with Gasteiger partial charge >= 0.3 is 5.97 Å². The van der Waals surface area contributed by atoms with Crippen molar-refractivity contribution in [3.8, 4) is 0 Å². The average molecular weight is 726 g/mol. The molecule has 5 amide bonds. The Kier molecular flexibility index (Phi) is 17.8. The zero-order chi connectivity index (χ0) is 37.5. The summed E-state index contributed by atoms with van der Waals surface area (Å²) in [5, 5.41) is 80.4. The van der Waals surface area contributed by atoms with Crippen LogP contribution < -0.4 is 26.6 Å². The largest absolute Gasteiger partial charge is 0.480 e. The lowest BCUT2D eigenvalue weighted by Gasteiger charge is -2.42. The minimum absolute atomic E-state index is 0.0213. The molecule has 286 valence electrons. The lowest BCUT2D eigenvalue weighted by molar-refractivity contribution is -0.268. The summed E-state index contributed by atoms with van der Waals surface area (Å²) < 4.78 is 21.5. The molecule has 2 saturated heterocycles. The van der Waals surface area contributed by atoms with Gasteiger partial charge in [0.2, 0.25) is 29.5 Å². The number of hydrogen-bond acceptors (Lipinski definition) is 16. The molecule has 2 aliphatic rings. The van der Waals surface area contributed by atoms with Crippen LogP contribution in [0.15, 0.2) is 0 Å². The number of carbonyl (C=O) groups is 6. The molecule has 0 radical (unpaired) electrons. The van der Waals surface area contributed by atoms with Gasteiger partial charge in [-0.25, -0.2) is 0 Å². The molecule has 0 unspecified atom stereocenters. The van der Waals surface area contributed by atoms with E-state index in [9.17, 15) is 59.4 Å². The molecule has 2 rings (SSSR count). The quantitative estimate of drug-likeness (QED) is 0.0550. The molecule has 12 N–H and O–H groups in total. The Hall–Kier alpha value is -3.58. The fourth-order valence-corrected chi connectivity index (χ4v) is 5.08. The van der Waals surface area contributed by atoms with Crippen LogP contribution in [0, 0.1) is 0 Å². The topological polar surface area (TPSA) is 341 Å². The van der Waals surface area contributed by atoms with E-state index in [0.717, 1.165) is 13.8 Å². The van der Waals surface area contributed by atoms with Crippen molar-refractivity contribution in [1.29, 1.82) is 0 Å². The lowest BCUT2D eigenvalue weighted by Crippen LogP contribution is -2.64. The summed E-state index contributed by atoms with van der Waals surface area (Å²) in [6.07, 6.45) is -11.2. The number of carboxylic acids is 1. The third kappa shape index (κ3) is 13.3. The van der Waals surface area contributed by atoms with Crippen molar-refractivity contribution in [3.05, 3.63) is 0 Å². The first kappa shape index (κ1) is 42.6. The maximum atomic E-state index is 12.7. The van der Waals surface area contributed by atoms with Crippen LogP contribution in [0.5, 0.6) is 0 Å². The monoisotopic (exact) mass is 725 g/mol. The van der Waals surface area contributed by atoms with E-state index in [0.29, 0.717) is 0 Å². The number of rotatable bonds is 19. The van der Waals surface area contributed by atoms with Gasteiger partial charge in [-0.2, -0.15) is 0 Å². The lowest BCUT2D eigenvalue weighted by atomic mass is 9.97. The Balaban J connectivity index is 1.89. The first-order chi connectivity index (χ1) is 23.6. The molecule has 0 bridgehead atoms. The molecule has 0 aliphatic carbocycles. The highest BCUT2D eigenvalue weighted by molar-refractivity contribution is 5.89. The van der Waals surface area contributed by atoms with E-state index in [1.165, 1.54) is 0 Å². The van der Waals surface area contributed by atoms with Gasteiger partial charge in [-0.05, 0) is 19.3 Å². The summed E-state index contributed by atoms with van der Waals surface area (Å²) in [7, 11) is 0. The number of carboxylic acid groups (broad SMARTS) is 1. The zero-order valence-electron chi connectivity index (χ0n) is 27.4. The summed E-state index contributed by atoms with van der Waals surface area (Å²) in [4.78, 5) is 71.8. The van der Waals surface area contributed by atoms with Gasteiger partial charge in [0.15, 0.2) is 12.6 Å². The predicted molar refractivity (Wildman–Crippen MR) is 162 cm³/mol. The molecule has 2 heterocycles. The van der Waals surface area contributed by atoms with Crippen molar-refractivity contribution in [2.24, 2.45) is 0 Å². The van der Waals surface area contributed by atoms with Gasteiger partial charge in [0, 0.05) is 20.4 Å². The van der Waals surface area contributed by atoms with Crippen LogP contribution in [0.2, 0.25) is 0 Å². The maximum absolute atomic E-state index is 12.7. The predicted octanol–water partition coefficient (Wildman–Crippen LogP) is -7.12. The number of aliphatic hydroxyl groups excluding tert-OH is 6. The van der Waals surface area contributed by atoms with E-state index >= 15 is 0 Å². The van der Waals surface area contributed by atoms with Gasteiger partial charge in [-0.1, -0.05) is 0 Å². The number of amides is 5. The Bertz CT molecular complexity index is 1160. The molecule has 50 heavy (non-hydrogen) atoms. The molecular formula is C28H47N5O17. The van der Waals surface area contributed by atoms with Gasteiger partial charge in [-0.15, -0.1) is 0 Å². The molecule has 11 atom stereocenters. The molecule has 22 heteroatoms.